The van der Waals surface area contributed by atoms with Gasteiger partial charge in [-0.3, -0.25) is 0 Å². The molecule has 5 heteroatoms. The molecule has 0 aliphatic carbocycles. The summed E-state index contributed by atoms with van der Waals surface area (Å²) in [6, 6.07) is 4.88. The average molecular weight is 271 g/mol. The van der Waals surface area contributed by atoms with Gasteiger partial charge in [-0.05, 0) is 43.6 Å². The van der Waals surface area contributed by atoms with E-state index in [2.05, 4.69) is 4.90 Å². The van der Waals surface area contributed by atoms with Crippen molar-refractivity contribution < 1.29 is 18.0 Å². The first-order valence-corrected chi connectivity index (χ1v) is 6.35. The first-order valence-electron chi connectivity index (χ1n) is 6.35. The van der Waals surface area contributed by atoms with Gasteiger partial charge in [-0.1, -0.05) is 12.1 Å². The number of hydrogen-bond donors (Lipinski definition) is 0. The third kappa shape index (κ3) is 3.56. The lowest BCUT2D eigenvalue weighted by Gasteiger charge is -2.19. The summed E-state index contributed by atoms with van der Waals surface area (Å²) in [7, 11) is 0. The van der Waals surface area contributed by atoms with Crippen molar-refractivity contribution in [2.45, 2.75) is 24.9 Å². The summed E-state index contributed by atoms with van der Waals surface area (Å²) in [5, 5.41) is 0. The van der Waals surface area contributed by atoms with Gasteiger partial charge < -0.3 is 9.69 Å². The Morgan fingerprint density at radius 2 is 1.74 bits per heavy atom. The predicted molar refractivity (Wildman–Crippen MR) is 65.9 cm³/mol. The smallest absolute Gasteiger partial charge is 0.303 e. The van der Waals surface area contributed by atoms with Crippen molar-refractivity contribution in [3.63, 3.8) is 0 Å². The molecule has 0 amide bonds. The largest absolute Gasteiger partial charge is 0.416 e. The maximum atomic E-state index is 12.5. The fourth-order valence-corrected chi connectivity index (χ4v) is 2.39. The number of carbonyl (C=O) groups is 1. The molecule has 104 valence electrons. The Labute approximate surface area is 110 Å². The molecular weight excluding hydrogens is 255 g/mol. The van der Waals surface area contributed by atoms with Crippen molar-refractivity contribution >= 4 is 6.29 Å². The Hall–Kier alpha value is -1.36. The van der Waals surface area contributed by atoms with Crippen molar-refractivity contribution in [1.29, 1.82) is 0 Å². The van der Waals surface area contributed by atoms with Crippen molar-refractivity contribution in [3.8, 4) is 0 Å². The number of halogens is 3. The van der Waals surface area contributed by atoms with Crippen LogP contribution in [0.15, 0.2) is 24.3 Å². The Morgan fingerprint density at radius 3 is 2.21 bits per heavy atom. The van der Waals surface area contributed by atoms with E-state index in [1.807, 2.05) is 0 Å². The number of hydrogen-bond acceptors (Lipinski definition) is 2. The standard InChI is InChI=1S/C14H16F3NO/c15-14(16,17)13-5-3-11(4-6-13)12(10-19)9-18-7-1-2-8-18/h3-6,10,12H,1-2,7-9H2. The van der Waals surface area contributed by atoms with Crippen LogP contribution in [0.4, 0.5) is 13.2 Å². The summed E-state index contributed by atoms with van der Waals surface area (Å²) in [6.07, 6.45) is -1.26. The van der Waals surface area contributed by atoms with Crippen LogP contribution in [0.1, 0.15) is 29.9 Å². The van der Waals surface area contributed by atoms with Crippen LogP contribution in [0.5, 0.6) is 0 Å². The molecule has 1 saturated heterocycles. The Balaban J connectivity index is 2.08. The lowest BCUT2D eigenvalue weighted by atomic mass is 9.98. The minimum atomic E-state index is -4.33. The molecule has 1 unspecified atom stereocenters. The zero-order chi connectivity index (χ0) is 13.9. The van der Waals surface area contributed by atoms with Crippen molar-refractivity contribution in [1.82, 2.24) is 4.90 Å². The number of rotatable bonds is 4. The minimum absolute atomic E-state index is 0.347. The highest BCUT2D eigenvalue weighted by molar-refractivity contribution is 5.62. The highest BCUT2D eigenvalue weighted by Crippen LogP contribution is 2.30. The van der Waals surface area contributed by atoms with Gasteiger partial charge in [0.25, 0.3) is 0 Å². The Bertz CT molecular complexity index is 421. The van der Waals surface area contributed by atoms with E-state index >= 15 is 0 Å². The molecule has 0 saturated carbocycles. The molecule has 0 bridgehead atoms. The zero-order valence-corrected chi connectivity index (χ0v) is 10.5. The maximum Gasteiger partial charge on any atom is 0.416 e. The molecule has 0 radical (unpaired) electrons. The summed E-state index contributed by atoms with van der Waals surface area (Å²) in [5.74, 6) is -0.347. The average Bonchev–Trinajstić information content (AvgIpc) is 2.88. The highest BCUT2D eigenvalue weighted by atomic mass is 19.4. The third-order valence-corrected chi connectivity index (χ3v) is 3.48. The molecule has 1 aromatic rings. The van der Waals surface area contributed by atoms with E-state index < -0.39 is 11.7 Å². The van der Waals surface area contributed by atoms with E-state index in [-0.39, 0.29) is 5.92 Å². The molecule has 1 aliphatic rings. The molecule has 1 aromatic carbocycles. The second-order valence-electron chi connectivity index (χ2n) is 4.87. The number of carbonyl (C=O) groups excluding carboxylic acids is 1. The lowest BCUT2D eigenvalue weighted by molar-refractivity contribution is -0.137. The molecule has 2 rings (SSSR count). The van der Waals surface area contributed by atoms with E-state index in [0.29, 0.717) is 12.1 Å². The molecule has 0 N–H and O–H groups in total. The Kier molecular flexibility index (Phi) is 4.24. The number of aldehydes is 1. The van der Waals surface area contributed by atoms with Gasteiger partial charge in [0.2, 0.25) is 0 Å². The van der Waals surface area contributed by atoms with E-state index in [0.717, 1.165) is 44.4 Å². The molecule has 0 spiro atoms. The number of alkyl halides is 3. The van der Waals surface area contributed by atoms with Crippen LogP contribution in [0, 0.1) is 0 Å². The third-order valence-electron chi connectivity index (χ3n) is 3.48. The topological polar surface area (TPSA) is 20.3 Å². The maximum absolute atomic E-state index is 12.5. The highest BCUT2D eigenvalue weighted by Gasteiger charge is 2.30. The summed E-state index contributed by atoms with van der Waals surface area (Å²) >= 11 is 0. The minimum Gasteiger partial charge on any atom is -0.303 e. The van der Waals surface area contributed by atoms with E-state index in [4.69, 9.17) is 0 Å². The fourth-order valence-electron chi connectivity index (χ4n) is 2.39. The second-order valence-corrected chi connectivity index (χ2v) is 4.87. The van der Waals surface area contributed by atoms with E-state index in [9.17, 15) is 18.0 Å². The summed E-state index contributed by atoms with van der Waals surface area (Å²) < 4.78 is 37.4. The predicted octanol–water partition coefficient (Wildman–Crippen LogP) is 3.08. The quantitative estimate of drug-likeness (QED) is 0.784. The molecule has 1 aliphatic heterocycles. The first kappa shape index (κ1) is 14.1. The van der Waals surface area contributed by atoms with Crippen LogP contribution in [0.25, 0.3) is 0 Å². The van der Waals surface area contributed by atoms with Gasteiger partial charge in [-0.2, -0.15) is 13.2 Å². The van der Waals surface area contributed by atoms with Crippen LogP contribution in [0.3, 0.4) is 0 Å². The van der Waals surface area contributed by atoms with Gasteiger partial charge >= 0.3 is 6.18 Å². The van der Waals surface area contributed by atoms with Gasteiger partial charge in [0.1, 0.15) is 6.29 Å². The molecule has 1 atom stereocenters. The van der Waals surface area contributed by atoms with Gasteiger partial charge in [0.15, 0.2) is 0 Å². The summed E-state index contributed by atoms with van der Waals surface area (Å²) in [5.41, 5.74) is -0.0306. The monoisotopic (exact) mass is 271 g/mol. The van der Waals surface area contributed by atoms with Gasteiger partial charge in [-0.15, -0.1) is 0 Å². The first-order chi connectivity index (χ1) is 9.00. The zero-order valence-electron chi connectivity index (χ0n) is 10.5. The number of likely N-dealkylation sites (tertiary alicyclic amines) is 1. The normalized spacial score (nSPS) is 18.5. The Morgan fingerprint density at radius 1 is 1.16 bits per heavy atom. The van der Waals surface area contributed by atoms with Crippen molar-refractivity contribution in [3.05, 3.63) is 35.4 Å². The summed E-state index contributed by atoms with van der Waals surface area (Å²) in [6.45, 7) is 2.52. The number of nitrogens with zero attached hydrogens (tertiary/aromatic N) is 1. The number of benzene rings is 1. The molecule has 2 nitrogen and oxygen atoms in total. The van der Waals surface area contributed by atoms with Gasteiger partial charge in [-0.25, -0.2) is 0 Å². The fraction of sp³-hybridized carbons (Fsp3) is 0.500. The van der Waals surface area contributed by atoms with E-state index in [1.165, 1.54) is 12.1 Å². The molecule has 0 aromatic heterocycles. The molecule has 19 heavy (non-hydrogen) atoms. The van der Waals surface area contributed by atoms with Crippen LogP contribution >= 0.6 is 0 Å². The van der Waals surface area contributed by atoms with Crippen LogP contribution in [-0.2, 0) is 11.0 Å². The molecule has 1 heterocycles. The van der Waals surface area contributed by atoms with Gasteiger partial charge in [0.05, 0.1) is 11.5 Å². The lowest BCUT2D eigenvalue weighted by Crippen LogP contribution is -2.26. The van der Waals surface area contributed by atoms with E-state index in [1.54, 1.807) is 0 Å². The van der Waals surface area contributed by atoms with Gasteiger partial charge in [0, 0.05) is 6.54 Å². The second kappa shape index (κ2) is 5.74. The molecular formula is C14H16F3NO. The van der Waals surface area contributed by atoms with Crippen LogP contribution in [0.2, 0.25) is 0 Å². The van der Waals surface area contributed by atoms with Crippen molar-refractivity contribution in [2.24, 2.45) is 0 Å². The SMILES string of the molecule is O=CC(CN1CCCC1)c1ccc(C(F)(F)F)cc1. The van der Waals surface area contributed by atoms with Crippen LogP contribution in [-0.4, -0.2) is 30.8 Å². The summed E-state index contributed by atoms with van der Waals surface area (Å²) in [4.78, 5) is 13.3. The van der Waals surface area contributed by atoms with Crippen molar-refractivity contribution in [2.75, 3.05) is 19.6 Å². The van der Waals surface area contributed by atoms with Crippen LogP contribution < -0.4 is 0 Å². The molecule has 1 fully saturated rings.